The van der Waals surface area contributed by atoms with E-state index in [1.165, 1.54) is 13.1 Å². The van der Waals surface area contributed by atoms with Gasteiger partial charge < -0.3 is 5.32 Å². The van der Waals surface area contributed by atoms with Crippen LogP contribution in [-0.2, 0) is 14.8 Å². The summed E-state index contributed by atoms with van der Waals surface area (Å²) in [5.41, 5.74) is 0.955. The van der Waals surface area contributed by atoms with Crippen molar-refractivity contribution in [3.8, 4) is 0 Å². The molecule has 112 valence electrons. The molecule has 0 aliphatic rings. The monoisotopic (exact) mass is 362 g/mol. The zero-order valence-electron chi connectivity index (χ0n) is 12.0. The highest BCUT2D eigenvalue weighted by atomic mass is 79.9. The van der Waals surface area contributed by atoms with Crippen LogP contribution < -0.4 is 5.32 Å². The first-order chi connectivity index (χ1) is 9.14. The maximum absolute atomic E-state index is 12.4. The first-order valence-electron chi connectivity index (χ1n) is 6.16. The van der Waals surface area contributed by atoms with Crippen LogP contribution in [0.5, 0.6) is 0 Å². The number of nitrogens with one attached hydrogen (secondary N) is 1. The lowest BCUT2D eigenvalue weighted by Gasteiger charge is -2.18. The Balaban J connectivity index is 2.95. The van der Waals surface area contributed by atoms with E-state index in [-0.39, 0.29) is 23.4 Å². The molecule has 1 aromatic rings. The highest BCUT2D eigenvalue weighted by Gasteiger charge is 2.25. The van der Waals surface area contributed by atoms with E-state index in [1.54, 1.807) is 12.1 Å². The molecule has 0 bridgehead atoms. The minimum atomic E-state index is -3.69. The summed E-state index contributed by atoms with van der Waals surface area (Å²) in [5, 5.41) is 2.66. The number of nitrogens with zero attached hydrogens (tertiary/aromatic N) is 1. The average Bonchev–Trinajstić information content (AvgIpc) is 2.26. The van der Waals surface area contributed by atoms with E-state index in [0.29, 0.717) is 4.47 Å². The number of halogens is 1. The quantitative estimate of drug-likeness (QED) is 0.869. The Morgan fingerprint density at radius 2 is 2.00 bits per heavy atom. The van der Waals surface area contributed by atoms with Crippen molar-refractivity contribution in [3.05, 3.63) is 28.2 Å². The number of carbonyl (C=O) groups is 1. The molecule has 0 aromatic heterocycles. The molecule has 1 rings (SSSR count). The van der Waals surface area contributed by atoms with Crippen molar-refractivity contribution in [2.45, 2.75) is 31.7 Å². The van der Waals surface area contributed by atoms with Crippen LogP contribution in [0, 0.1) is 6.92 Å². The summed E-state index contributed by atoms with van der Waals surface area (Å²) in [5.74, 6) is -0.325. The molecule has 0 aliphatic heterocycles. The van der Waals surface area contributed by atoms with Gasteiger partial charge in [0.05, 0.1) is 11.4 Å². The first kappa shape index (κ1) is 17.1. The number of aryl methyl sites for hydroxylation is 1. The molecule has 0 radical (unpaired) electrons. The Bertz CT molecular complexity index is 600. The maximum Gasteiger partial charge on any atom is 0.244 e. The van der Waals surface area contributed by atoms with Crippen molar-refractivity contribution in [1.82, 2.24) is 9.62 Å². The SMILES string of the molecule is Cc1ccc(S(=O)(=O)N(C)CC(=O)NC(C)C)c(Br)c1. The molecule has 0 fully saturated rings. The molecular weight excluding hydrogens is 344 g/mol. The largest absolute Gasteiger partial charge is 0.353 e. The van der Waals surface area contributed by atoms with Gasteiger partial charge in [-0.15, -0.1) is 0 Å². The van der Waals surface area contributed by atoms with E-state index >= 15 is 0 Å². The van der Waals surface area contributed by atoms with Crippen LogP contribution in [0.3, 0.4) is 0 Å². The van der Waals surface area contributed by atoms with E-state index in [1.807, 2.05) is 20.8 Å². The molecule has 0 saturated heterocycles. The van der Waals surface area contributed by atoms with Crippen molar-refractivity contribution in [1.29, 1.82) is 0 Å². The highest BCUT2D eigenvalue weighted by molar-refractivity contribution is 9.10. The van der Waals surface area contributed by atoms with Gasteiger partial charge in [0.25, 0.3) is 0 Å². The normalized spacial score (nSPS) is 11.9. The molecular formula is C13H19BrN2O3S. The van der Waals surface area contributed by atoms with Crippen LogP contribution in [-0.4, -0.2) is 38.3 Å². The smallest absolute Gasteiger partial charge is 0.244 e. The number of sulfonamides is 1. The first-order valence-corrected chi connectivity index (χ1v) is 8.39. The molecule has 0 unspecified atom stereocenters. The lowest BCUT2D eigenvalue weighted by atomic mass is 10.2. The lowest BCUT2D eigenvalue weighted by molar-refractivity contribution is -0.121. The summed E-state index contributed by atoms with van der Waals surface area (Å²) in [4.78, 5) is 11.8. The number of hydrogen-bond acceptors (Lipinski definition) is 3. The summed E-state index contributed by atoms with van der Waals surface area (Å²) >= 11 is 3.25. The maximum atomic E-state index is 12.4. The molecule has 1 N–H and O–H groups in total. The van der Waals surface area contributed by atoms with E-state index in [2.05, 4.69) is 21.2 Å². The predicted molar refractivity (Wildman–Crippen MR) is 82.0 cm³/mol. The number of carbonyl (C=O) groups excluding carboxylic acids is 1. The second kappa shape index (κ2) is 6.69. The van der Waals surface area contributed by atoms with E-state index in [9.17, 15) is 13.2 Å². The molecule has 0 atom stereocenters. The molecule has 0 spiro atoms. The van der Waals surface area contributed by atoms with Gasteiger partial charge in [-0.2, -0.15) is 4.31 Å². The van der Waals surface area contributed by atoms with Gasteiger partial charge in [0.1, 0.15) is 0 Å². The Kier molecular flexibility index (Phi) is 5.73. The zero-order valence-corrected chi connectivity index (χ0v) is 14.4. The van der Waals surface area contributed by atoms with E-state index < -0.39 is 10.0 Å². The molecule has 1 aromatic carbocycles. The number of benzene rings is 1. The van der Waals surface area contributed by atoms with Crippen LogP contribution in [0.25, 0.3) is 0 Å². The van der Waals surface area contributed by atoms with Crippen molar-refractivity contribution in [2.75, 3.05) is 13.6 Å². The summed E-state index contributed by atoms with van der Waals surface area (Å²) in [6.45, 7) is 5.31. The highest BCUT2D eigenvalue weighted by Crippen LogP contribution is 2.25. The lowest BCUT2D eigenvalue weighted by Crippen LogP contribution is -2.40. The third kappa shape index (κ3) is 4.29. The van der Waals surface area contributed by atoms with Crippen LogP contribution in [0.4, 0.5) is 0 Å². The summed E-state index contributed by atoms with van der Waals surface area (Å²) in [7, 11) is -2.30. The number of hydrogen-bond donors (Lipinski definition) is 1. The van der Waals surface area contributed by atoms with Crippen LogP contribution in [0.2, 0.25) is 0 Å². The topological polar surface area (TPSA) is 66.5 Å². The molecule has 20 heavy (non-hydrogen) atoms. The molecule has 5 nitrogen and oxygen atoms in total. The molecule has 0 saturated carbocycles. The van der Waals surface area contributed by atoms with Crippen molar-refractivity contribution >= 4 is 31.9 Å². The third-order valence-electron chi connectivity index (χ3n) is 2.59. The Morgan fingerprint density at radius 1 is 1.40 bits per heavy atom. The summed E-state index contributed by atoms with van der Waals surface area (Å²) < 4.78 is 26.3. The summed E-state index contributed by atoms with van der Waals surface area (Å²) in [6.07, 6.45) is 0. The van der Waals surface area contributed by atoms with Crippen LogP contribution >= 0.6 is 15.9 Å². The minimum Gasteiger partial charge on any atom is -0.353 e. The van der Waals surface area contributed by atoms with Crippen molar-refractivity contribution in [3.63, 3.8) is 0 Å². The van der Waals surface area contributed by atoms with Crippen molar-refractivity contribution in [2.24, 2.45) is 0 Å². The molecule has 7 heteroatoms. The van der Waals surface area contributed by atoms with Gasteiger partial charge in [0.15, 0.2) is 0 Å². The standard InChI is InChI=1S/C13H19BrN2O3S/c1-9(2)15-13(17)8-16(4)20(18,19)12-6-5-10(3)7-11(12)14/h5-7,9H,8H2,1-4H3,(H,15,17). The fraction of sp³-hybridized carbons (Fsp3) is 0.462. The van der Waals surface area contributed by atoms with Gasteiger partial charge >= 0.3 is 0 Å². The Hall–Kier alpha value is -0.920. The van der Waals surface area contributed by atoms with Crippen molar-refractivity contribution < 1.29 is 13.2 Å². The fourth-order valence-corrected chi connectivity index (χ4v) is 3.91. The molecule has 0 heterocycles. The zero-order chi connectivity index (χ0) is 15.5. The van der Waals surface area contributed by atoms with Gasteiger partial charge in [0.2, 0.25) is 15.9 Å². The van der Waals surface area contributed by atoms with Gasteiger partial charge in [-0.25, -0.2) is 8.42 Å². The number of amides is 1. The fourth-order valence-electron chi connectivity index (χ4n) is 1.64. The second-order valence-corrected chi connectivity index (χ2v) is 7.78. The van der Waals surface area contributed by atoms with Gasteiger partial charge in [-0.1, -0.05) is 6.07 Å². The van der Waals surface area contributed by atoms with Gasteiger partial charge in [-0.3, -0.25) is 4.79 Å². The molecule has 1 amide bonds. The average molecular weight is 363 g/mol. The molecule has 0 aliphatic carbocycles. The van der Waals surface area contributed by atoms with Gasteiger partial charge in [0, 0.05) is 17.6 Å². The number of likely N-dealkylation sites (N-methyl/N-ethyl adjacent to an activating group) is 1. The Morgan fingerprint density at radius 3 is 2.50 bits per heavy atom. The third-order valence-corrected chi connectivity index (χ3v) is 5.37. The van der Waals surface area contributed by atoms with Crippen LogP contribution in [0.15, 0.2) is 27.6 Å². The van der Waals surface area contributed by atoms with Crippen LogP contribution in [0.1, 0.15) is 19.4 Å². The van der Waals surface area contributed by atoms with E-state index in [4.69, 9.17) is 0 Å². The Labute approximate surface area is 128 Å². The number of rotatable bonds is 5. The van der Waals surface area contributed by atoms with Gasteiger partial charge in [-0.05, 0) is 54.4 Å². The second-order valence-electron chi connectivity index (χ2n) is 4.92. The summed E-state index contributed by atoms with van der Waals surface area (Å²) in [6, 6.07) is 4.96. The predicted octanol–water partition coefficient (Wildman–Crippen LogP) is 1.90. The van der Waals surface area contributed by atoms with E-state index in [0.717, 1.165) is 9.87 Å². The minimum absolute atomic E-state index is 0.0234.